The van der Waals surface area contributed by atoms with Crippen molar-refractivity contribution >= 4 is 22.9 Å². The lowest BCUT2D eigenvalue weighted by molar-refractivity contribution is 0.0592. The van der Waals surface area contributed by atoms with Crippen LogP contribution in [-0.2, 0) is 4.74 Å². The number of nitrogens with zero attached hydrogens (tertiary/aromatic N) is 3. The van der Waals surface area contributed by atoms with Gasteiger partial charge in [-0.1, -0.05) is 24.3 Å². The number of methoxy groups -OCH3 is 1. The molecule has 0 unspecified atom stereocenters. The number of rotatable bonds is 3. The van der Waals surface area contributed by atoms with E-state index in [0.29, 0.717) is 24.2 Å². The van der Waals surface area contributed by atoms with Gasteiger partial charge in [-0.15, -0.1) is 0 Å². The molecule has 4 rings (SSSR count). The Morgan fingerprint density at radius 1 is 1.08 bits per heavy atom. The van der Waals surface area contributed by atoms with Crippen molar-refractivity contribution in [1.82, 2.24) is 14.5 Å². The SMILES string of the molecule is COC(=O)c1ccccc1C(=O)N1CC[C@H](n2cnc3ccccc32)C1. The van der Waals surface area contributed by atoms with Gasteiger partial charge in [0.2, 0.25) is 0 Å². The van der Waals surface area contributed by atoms with Crippen LogP contribution in [0.5, 0.6) is 0 Å². The topological polar surface area (TPSA) is 64.4 Å². The zero-order valence-electron chi connectivity index (χ0n) is 14.5. The second kappa shape index (κ2) is 6.63. The van der Waals surface area contributed by atoms with Crippen molar-refractivity contribution in [3.63, 3.8) is 0 Å². The maximum absolute atomic E-state index is 13.0. The zero-order valence-corrected chi connectivity index (χ0v) is 14.5. The molecular weight excluding hydrogens is 330 g/mol. The summed E-state index contributed by atoms with van der Waals surface area (Å²) in [5, 5.41) is 0. The summed E-state index contributed by atoms with van der Waals surface area (Å²) < 4.78 is 6.93. The summed E-state index contributed by atoms with van der Waals surface area (Å²) in [4.78, 5) is 31.1. The normalized spacial score (nSPS) is 16.8. The largest absolute Gasteiger partial charge is 0.465 e. The van der Waals surface area contributed by atoms with E-state index in [0.717, 1.165) is 17.5 Å². The van der Waals surface area contributed by atoms with Crippen LogP contribution in [0.4, 0.5) is 0 Å². The fraction of sp³-hybridized carbons (Fsp3) is 0.250. The monoisotopic (exact) mass is 349 g/mol. The van der Waals surface area contributed by atoms with Crippen LogP contribution in [0.15, 0.2) is 54.9 Å². The van der Waals surface area contributed by atoms with Gasteiger partial charge in [0.25, 0.3) is 5.91 Å². The minimum absolute atomic E-state index is 0.141. The molecule has 0 bridgehead atoms. The first-order valence-corrected chi connectivity index (χ1v) is 8.57. The number of likely N-dealkylation sites (tertiary alicyclic amines) is 1. The Balaban J connectivity index is 1.58. The summed E-state index contributed by atoms with van der Waals surface area (Å²) in [5.74, 6) is -0.636. The lowest BCUT2D eigenvalue weighted by atomic mass is 10.1. The van der Waals surface area contributed by atoms with Gasteiger partial charge in [-0.2, -0.15) is 0 Å². The van der Waals surface area contributed by atoms with Crippen molar-refractivity contribution in [3.05, 3.63) is 66.0 Å². The molecule has 26 heavy (non-hydrogen) atoms. The molecule has 2 heterocycles. The summed E-state index contributed by atoms with van der Waals surface area (Å²) in [7, 11) is 1.32. The molecular formula is C20H19N3O3. The molecule has 1 aliphatic heterocycles. The third-order valence-electron chi connectivity index (χ3n) is 4.89. The number of para-hydroxylation sites is 2. The van der Waals surface area contributed by atoms with Crippen molar-refractivity contribution in [2.75, 3.05) is 20.2 Å². The first-order valence-electron chi connectivity index (χ1n) is 8.57. The molecule has 0 spiro atoms. The lowest BCUT2D eigenvalue weighted by Gasteiger charge is -2.18. The Labute approximate surface area is 151 Å². The molecule has 1 atom stereocenters. The zero-order chi connectivity index (χ0) is 18.1. The summed E-state index contributed by atoms with van der Waals surface area (Å²) >= 11 is 0. The van der Waals surface area contributed by atoms with Crippen LogP contribution in [0.2, 0.25) is 0 Å². The minimum atomic E-state index is -0.495. The van der Waals surface area contributed by atoms with Crippen LogP contribution in [0.25, 0.3) is 11.0 Å². The fourth-order valence-corrected chi connectivity index (χ4v) is 3.55. The highest BCUT2D eigenvalue weighted by molar-refractivity contribution is 6.05. The van der Waals surface area contributed by atoms with Gasteiger partial charge in [-0.05, 0) is 30.7 Å². The highest BCUT2D eigenvalue weighted by Gasteiger charge is 2.30. The average Bonchev–Trinajstić information content (AvgIpc) is 3.33. The second-order valence-corrected chi connectivity index (χ2v) is 6.37. The smallest absolute Gasteiger partial charge is 0.338 e. The van der Waals surface area contributed by atoms with Gasteiger partial charge in [0.15, 0.2) is 0 Å². The van der Waals surface area contributed by atoms with Gasteiger partial charge in [-0.3, -0.25) is 4.79 Å². The first-order chi connectivity index (χ1) is 12.7. The Bertz CT molecular complexity index is 979. The molecule has 3 aromatic rings. The van der Waals surface area contributed by atoms with Crippen LogP contribution < -0.4 is 0 Å². The number of imidazole rings is 1. The van der Waals surface area contributed by atoms with Gasteiger partial charge in [-0.25, -0.2) is 9.78 Å². The predicted molar refractivity (Wildman–Crippen MR) is 97.1 cm³/mol. The van der Waals surface area contributed by atoms with Crippen molar-refractivity contribution in [2.45, 2.75) is 12.5 Å². The van der Waals surface area contributed by atoms with E-state index in [1.54, 1.807) is 29.2 Å². The highest BCUT2D eigenvalue weighted by Crippen LogP contribution is 2.27. The number of amides is 1. The number of aromatic nitrogens is 2. The molecule has 6 heteroatoms. The molecule has 132 valence electrons. The fourth-order valence-electron chi connectivity index (χ4n) is 3.55. The molecule has 1 aliphatic rings. The lowest BCUT2D eigenvalue weighted by Crippen LogP contribution is -2.30. The number of ether oxygens (including phenoxy) is 1. The van der Waals surface area contributed by atoms with Crippen molar-refractivity contribution in [1.29, 1.82) is 0 Å². The summed E-state index contributed by atoms with van der Waals surface area (Å²) in [5.41, 5.74) is 2.71. The number of carbonyl (C=O) groups is 2. The summed E-state index contributed by atoms with van der Waals surface area (Å²) in [6.45, 7) is 1.24. The molecule has 6 nitrogen and oxygen atoms in total. The number of esters is 1. The van der Waals surface area contributed by atoms with Gasteiger partial charge in [0.05, 0.1) is 41.6 Å². The van der Waals surface area contributed by atoms with E-state index >= 15 is 0 Å². The van der Waals surface area contributed by atoms with E-state index in [9.17, 15) is 9.59 Å². The summed E-state index contributed by atoms with van der Waals surface area (Å²) in [6.07, 6.45) is 2.69. The van der Waals surface area contributed by atoms with Crippen LogP contribution in [-0.4, -0.2) is 46.5 Å². The van der Waals surface area contributed by atoms with Crippen molar-refractivity contribution in [2.24, 2.45) is 0 Å². The quantitative estimate of drug-likeness (QED) is 0.682. The molecule has 2 aromatic carbocycles. The number of fused-ring (bicyclic) bond motifs is 1. The second-order valence-electron chi connectivity index (χ2n) is 6.37. The number of hydrogen-bond acceptors (Lipinski definition) is 4. The van der Waals surface area contributed by atoms with Crippen LogP contribution in [0, 0.1) is 0 Å². The maximum Gasteiger partial charge on any atom is 0.338 e. The predicted octanol–water partition coefficient (Wildman–Crippen LogP) is 2.91. The third kappa shape index (κ3) is 2.73. The Hall–Kier alpha value is -3.15. The molecule has 1 amide bonds. The maximum atomic E-state index is 13.0. The van der Waals surface area contributed by atoms with Crippen molar-refractivity contribution < 1.29 is 14.3 Å². The summed E-state index contributed by atoms with van der Waals surface area (Å²) in [6, 6.07) is 14.9. The number of benzene rings is 2. The highest BCUT2D eigenvalue weighted by atomic mass is 16.5. The van der Waals surface area contributed by atoms with E-state index in [4.69, 9.17) is 4.74 Å². The first kappa shape index (κ1) is 16.3. The number of hydrogen-bond donors (Lipinski definition) is 0. The van der Waals surface area contributed by atoms with E-state index in [1.807, 2.05) is 30.6 Å². The van der Waals surface area contributed by atoms with Crippen LogP contribution >= 0.6 is 0 Å². The van der Waals surface area contributed by atoms with E-state index in [-0.39, 0.29) is 11.9 Å². The standard InChI is InChI=1S/C20H19N3O3/c1-26-20(25)16-7-3-2-6-15(16)19(24)22-11-10-14(12-22)23-13-21-17-8-4-5-9-18(17)23/h2-9,13-14H,10-12H2,1H3/t14-/m0/s1. The number of carbonyl (C=O) groups excluding carboxylic acids is 2. The van der Waals surface area contributed by atoms with E-state index in [2.05, 4.69) is 9.55 Å². The van der Waals surface area contributed by atoms with E-state index < -0.39 is 5.97 Å². The van der Waals surface area contributed by atoms with Crippen LogP contribution in [0.3, 0.4) is 0 Å². The third-order valence-corrected chi connectivity index (χ3v) is 4.89. The van der Waals surface area contributed by atoms with E-state index in [1.165, 1.54) is 7.11 Å². The van der Waals surface area contributed by atoms with Crippen molar-refractivity contribution in [3.8, 4) is 0 Å². The van der Waals surface area contributed by atoms with Crippen LogP contribution in [0.1, 0.15) is 33.2 Å². The minimum Gasteiger partial charge on any atom is -0.465 e. The molecule has 0 aliphatic carbocycles. The molecule has 1 saturated heterocycles. The Morgan fingerprint density at radius 3 is 2.62 bits per heavy atom. The molecule has 1 fully saturated rings. The Morgan fingerprint density at radius 2 is 1.81 bits per heavy atom. The molecule has 0 N–H and O–H groups in total. The molecule has 0 saturated carbocycles. The molecule has 0 radical (unpaired) electrons. The van der Waals surface area contributed by atoms with Gasteiger partial charge in [0, 0.05) is 13.1 Å². The van der Waals surface area contributed by atoms with Gasteiger partial charge >= 0.3 is 5.97 Å². The van der Waals surface area contributed by atoms with Gasteiger partial charge < -0.3 is 14.2 Å². The Kier molecular flexibility index (Phi) is 4.16. The average molecular weight is 349 g/mol. The molecule has 1 aromatic heterocycles. The van der Waals surface area contributed by atoms with Gasteiger partial charge in [0.1, 0.15) is 0 Å².